The monoisotopic (exact) mass is 460 g/mol. The van der Waals surface area contributed by atoms with Crippen LogP contribution in [0.4, 0.5) is 4.79 Å². The number of amides is 2. The molecule has 3 rings (SSSR count). The van der Waals surface area contributed by atoms with E-state index in [0.29, 0.717) is 13.0 Å². The van der Waals surface area contributed by atoms with Crippen molar-refractivity contribution in [3.63, 3.8) is 0 Å². The number of alkyl carbamates (subject to hydrolysis) is 1. The molecule has 0 bridgehead atoms. The zero-order chi connectivity index (χ0) is 24.0. The van der Waals surface area contributed by atoms with E-state index in [-0.39, 0.29) is 19.6 Å². The van der Waals surface area contributed by atoms with Crippen molar-refractivity contribution in [3.05, 3.63) is 108 Å². The second kappa shape index (κ2) is 13.4. The van der Waals surface area contributed by atoms with Crippen LogP contribution in [0.5, 0.6) is 0 Å². The van der Waals surface area contributed by atoms with Gasteiger partial charge in [-0.3, -0.25) is 9.59 Å². The van der Waals surface area contributed by atoms with Crippen molar-refractivity contribution < 1.29 is 23.9 Å². The van der Waals surface area contributed by atoms with Crippen LogP contribution in [0.3, 0.4) is 0 Å². The number of hydrogen-bond acceptors (Lipinski definition) is 5. The lowest BCUT2D eigenvalue weighted by molar-refractivity contribution is -0.147. The normalized spacial score (nSPS) is 11.2. The van der Waals surface area contributed by atoms with Gasteiger partial charge in [-0.25, -0.2) is 4.79 Å². The third-order valence-electron chi connectivity index (χ3n) is 4.99. The molecule has 0 aliphatic heterocycles. The van der Waals surface area contributed by atoms with E-state index in [9.17, 15) is 14.4 Å². The van der Waals surface area contributed by atoms with Gasteiger partial charge in [-0.2, -0.15) is 0 Å². The number of rotatable bonds is 11. The van der Waals surface area contributed by atoms with Crippen LogP contribution in [0.25, 0.3) is 0 Å². The van der Waals surface area contributed by atoms with Crippen LogP contribution >= 0.6 is 0 Å². The molecule has 0 aliphatic rings. The van der Waals surface area contributed by atoms with Crippen LogP contribution in [-0.4, -0.2) is 30.6 Å². The van der Waals surface area contributed by atoms with Crippen molar-refractivity contribution in [2.24, 2.45) is 0 Å². The first-order valence-electron chi connectivity index (χ1n) is 11.1. The average molecular weight is 461 g/mol. The first kappa shape index (κ1) is 24.5. The Morgan fingerprint density at radius 2 is 1.18 bits per heavy atom. The van der Waals surface area contributed by atoms with Crippen molar-refractivity contribution in [3.8, 4) is 0 Å². The van der Waals surface area contributed by atoms with Crippen LogP contribution in [0.15, 0.2) is 91.0 Å². The van der Waals surface area contributed by atoms with Crippen molar-refractivity contribution in [1.82, 2.24) is 10.6 Å². The molecule has 0 spiro atoms. The Kier molecular flexibility index (Phi) is 9.68. The van der Waals surface area contributed by atoms with Gasteiger partial charge in [0, 0.05) is 6.54 Å². The molecule has 1 atom stereocenters. The molecule has 7 heteroatoms. The molecule has 3 aromatic carbocycles. The Labute approximate surface area is 199 Å². The third kappa shape index (κ3) is 8.78. The maximum absolute atomic E-state index is 12.8. The van der Waals surface area contributed by atoms with Crippen LogP contribution < -0.4 is 10.6 Å². The topological polar surface area (TPSA) is 93.7 Å². The average Bonchev–Trinajstić information content (AvgIpc) is 2.87. The number of ether oxygens (including phenoxy) is 2. The molecular weight excluding hydrogens is 432 g/mol. The largest absolute Gasteiger partial charge is 0.461 e. The summed E-state index contributed by atoms with van der Waals surface area (Å²) < 4.78 is 10.5. The molecule has 0 heterocycles. The number of nitrogens with one attached hydrogen (secondary N) is 2. The Hall–Kier alpha value is -4.13. The molecule has 0 saturated carbocycles. The quantitative estimate of drug-likeness (QED) is 0.425. The Balaban J connectivity index is 1.54. The molecular formula is C27H28N2O5. The number of benzene rings is 3. The lowest BCUT2D eigenvalue weighted by Gasteiger charge is -2.18. The van der Waals surface area contributed by atoms with Crippen LogP contribution in [0, 0.1) is 0 Å². The molecule has 7 nitrogen and oxygen atoms in total. The van der Waals surface area contributed by atoms with E-state index in [4.69, 9.17) is 9.47 Å². The van der Waals surface area contributed by atoms with E-state index in [1.807, 2.05) is 91.0 Å². The molecule has 0 radical (unpaired) electrons. The first-order valence-corrected chi connectivity index (χ1v) is 11.1. The van der Waals surface area contributed by atoms with E-state index in [2.05, 4.69) is 10.6 Å². The molecule has 176 valence electrons. The minimum atomic E-state index is -1.12. The highest BCUT2D eigenvalue weighted by Gasteiger charge is 2.25. The minimum absolute atomic E-state index is 0.0491. The summed E-state index contributed by atoms with van der Waals surface area (Å²) >= 11 is 0. The summed E-state index contributed by atoms with van der Waals surface area (Å²) in [6.45, 7) is 0.493. The fourth-order valence-electron chi connectivity index (χ4n) is 3.18. The van der Waals surface area contributed by atoms with Gasteiger partial charge in [0.2, 0.25) is 5.91 Å². The second-order valence-corrected chi connectivity index (χ2v) is 7.64. The predicted molar refractivity (Wildman–Crippen MR) is 128 cm³/mol. The zero-order valence-electron chi connectivity index (χ0n) is 18.8. The molecule has 3 aromatic rings. The lowest BCUT2D eigenvalue weighted by atomic mass is 10.1. The van der Waals surface area contributed by atoms with Gasteiger partial charge in [0.15, 0.2) is 0 Å². The summed E-state index contributed by atoms with van der Waals surface area (Å²) in [5.41, 5.74) is 2.70. The van der Waals surface area contributed by atoms with Gasteiger partial charge in [-0.1, -0.05) is 91.0 Å². The number of esters is 1. The van der Waals surface area contributed by atoms with Gasteiger partial charge in [0.1, 0.15) is 19.3 Å². The molecule has 0 aliphatic carbocycles. The molecule has 2 amide bonds. The number of hydrogen-bond donors (Lipinski definition) is 2. The van der Waals surface area contributed by atoms with Crippen molar-refractivity contribution in [2.75, 3.05) is 6.54 Å². The van der Waals surface area contributed by atoms with Crippen molar-refractivity contribution >= 4 is 18.0 Å². The molecule has 34 heavy (non-hydrogen) atoms. The zero-order valence-corrected chi connectivity index (χ0v) is 18.8. The molecule has 0 saturated heterocycles. The second-order valence-electron chi connectivity index (χ2n) is 7.64. The highest BCUT2D eigenvalue weighted by molar-refractivity contribution is 5.89. The highest BCUT2D eigenvalue weighted by Crippen LogP contribution is 2.06. The highest BCUT2D eigenvalue weighted by atomic mass is 16.5. The van der Waals surface area contributed by atoms with E-state index in [1.54, 1.807) is 0 Å². The maximum atomic E-state index is 12.8. The van der Waals surface area contributed by atoms with Gasteiger partial charge in [-0.15, -0.1) is 0 Å². The fourth-order valence-corrected chi connectivity index (χ4v) is 3.18. The van der Waals surface area contributed by atoms with Gasteiger partial charge < -0.3 is 20.1 Å². The molecule has 2 N–H and O–H groups in total. The third-order valence-corrected chi connectivity index (χ3v) is 4.99. The van der Waals surface area contributed by atoms with E-state index in [0.717, 1.165) is 16.7 Å². The number of carbonyl (C=O) groups excluding carboxylic acids is 3. The van der Waals surface area contributed by atoms with Gasteiger partial charge in [0.25, 0.3) is 0 Å². The lowest BCUT2D eigenvalue weighted by Crippen LogP contribution is -2.48. The molecule has 0 aromatic heterocycles. The Bertz CT molecular complexity index is 985. The van der Waals surface area contributed by atoms with Crippen LogP contribution in [-0.2, 0) is 38.7 Å². The SMILES string of the molecule is O=C(CC(NC(=O)OCc1ccccc1)C(=O)NCCc1ccccc1)OCc1ccccc1. The van der Waals surface area contributed by atoms with E-state index < -0.39 is 24.0 Å². The Morgan fingerprint density at radius 3 is 1.74 bits per heavy atom. The van der Waals surface area contributed by atoms with E-state index in [1.165, 1.54) is 0 Å². The summed E-state index contributed by atoms with van der Waals surface area (Å²) in [7, 11) is 0. The van der Waals surface area contributed by atoms with Gasteiger partial charge in [0.05, 0.1) is 6.42 Å². The van der Waals surface area contributed by atoms with Crippen molar-refractivity contribution in [1.29, 1.82) is 0 Å². The summed E-state index contributed by atoms with van der Waals surface area (Å²) in [5, 5.41) is 5.26. The smallest absolute Gasteiger partial charge is 0.408 e. The Morgan fingerprint density at radius 1 is 0.676 bits per heavy atom. The van der Waals surface area contributed by atoms with E-state index >= 15 is 0 Å². The standard InChI is InChI=1S/C27H28N2O5/c30-25(33-19-22-12-6-2-7-13-22)18-24(26(31)28-17-16-21-10-4-1-5-11-21)29-27(32)34-20-23-14-8-3-9-15-23/h1-15,24H,16-20H2,(H,28,31)(H,29,32). The first-order chi connectivity index (χ1) is 16.6. The summed E-state index contributed by atoms with van der Waals surface area (Å²) in [5.74, 6) is -1.08. The molecule has 1 unspecified atom stereocenters. The minimum Gasteiger partial charge on any atom is -0.461 e. The summed E-state index contributed by atoms with van der Waals surface area (Å²) in [4.78, 5) is 37.5. The number of carbonyl (C=O) groups is 3. The fraction of sp³-hybridized carbons (Fsp3) is 0.222. The van der Waals surface area contributed by atoms with Gasteiger partial charge in [-0.05, 0) is 23.1 Å². The maximum Gasteiger partial charge on any atom is 0.408 e. The summed E-state index contributed by atoms with van der Waals surface area (Å²) in [6.07, 6.45) is -0.483. The van der Waals surface area contributed by atoms with Gasteiger partial charge >= 0.3 is 12.1 Å². The molecule has 0 fully saturated rings. The van der Waals surface area contributed by atoms with Crippen LogP contribution in [0.1, 0.15) is 23.1 Å². The summed E-state index contributed by atoms with van der Waals surface area (Å²) in [6, 6.07) is 27.0. The van der Waals surface area contributed by atoms with Crippen molar-refractivity contribution in [2.45, 2.75) is 32.1 Å². The van der Waals surface area contributed by atoms with Crippen LogP contribution in [0.2, 0.25) is 0 Å². The predicted octanol–water partition coefficient (Wildman–Crippen LogP) is 3.77.